The van der Waals surface area contributed by atoms with Gasteiger partial charge in [-0.15, -0.1) is 0 Å². The Morgan fingerprint density at radius 3 is 2.86 bits per heavy atom. The summed E-state index contributed by atoms with van der Waals surface area (Å²) in [6, 6.07) is 3.54. The van der Waals surface area contributed by atoms with Crippen molar-refractivity contribution in [2.45, 2.75) is 0 Å². The van der Waals surface area contributed by atoms with Gasteiger partial charge in [-0.25, -0.2) is 9.97 Å². The predicted octanol–water partition coefficient (Wildman–Crippen LogP) is 0.565. The van der Waals surface area contributed by atoms with Crippen LogP contribution in [0.5, 0.6) is 5.88 Å². The van der Waals surface area contributed by atoms with Crippen LogP contribution in [-0.4, -0.2) is 48.9 Å². The van der Waals surface area contributed by atoms with Crippen molar-refractivity contribution >= 4 is 5.95 Å². The van der Waals surface area contributed by atoms with Crippen molar-refractivity contribution in [3.05, 3.63) is 31.0 Å². The average molecular weight is 284 g/mol. The second-order valence-corrected chi connectivity index (χ2v) is 3.96. The van der Waals surface area contributed by atoms with Crippen LogP contribution in [0.2, 0.25) is 0 Å². The smallest absolute Gasteiger partial charge is 0.257 e. The van der Waals surface area contributed by atoms with Crippen LogP contribution in [0.3, 0.4) is 0 Å². The second-order valence-electron chi connectivity index (χ2n) is 3.96. The van der Waals surface area contributed by atoms with Crippen molar-refractivity contribution < 1.29 is 4.74 Å². The molecule has 3 heterocycles. The quantitative estimate of drug-likeness (QED) is 0.741. The van der Waals surface area contributed by atoms with E-state index >= 15 is 0 Å². The second kappa shape index (κ2) is 5.49. The average Bonchev–Trinajstić information content (AvgIpc) is 3.09. The molecule has 0 aliphatic heterocycles. The van der Waals surface area contributed by atoms with Crippen LogP contribution < -0.4 is 10.1 Å². The van der Waals surface area contributed by atoms with Gasteiger partial charge in [-0.05, 0) is 6.07 Å². The van der Waals surface area contributed by atoms with Crippen LogP contribution in [0, 0.1) is 0 Å². The Morgan fingerprint density at radius 1 is 1.24 bits per heavy atom. The van der Waals surface area contributed by atoms with Gasteiger partial charge in [0, 0.05) is 24.9 Å². The highest BCUT2D eigenvalue weighted by Crippen LogP contribution is 2.20. The van der Waals surface area contributed by atoms with Crippen molar-refractivity contribution in [1.82, 2.24) is 34.7 Å². The van der Waals surface area contributed by atoms with E-state index in [4.69, 9.17) is 4.74 Å². The number of nitrogens with zero attached hydrogens (tertiary/aromatic N) is 7. The van der Waals surface area contributed by atoms with Crippen LogP contribution >= 0.6 is 0 Å². The molecule has 0 saturated carbocycles. The standard InChI is InChI=1S/C12H12N8O/c1-13-11-17-10(8-3-4-15-9(5-8)21-2)18-12(19-11)20-7-14-6-16-20/h3-7H,1-2H3,(H,13,17,18,19). The lowest BCUT2D eigenvalue weighted by atomic mass is 10.2. The molecule has 21 heavy (non-hydrogen) atoms. The SMILES string of the molecule is CNc1nc(-c2ccnc(OC)c2)nc(-n2cncn2)n1. The summed E-state index contributed by atoms with van der Waals surface area (Å²) in [5.74, 6) is 1.78. The molecule has 3 rings (SSSR count). The number of ether oxygens (including phenoxy) is 1. The predicted molar refractivity (Wildman–Crippen MR) is 74.1 cm³/mol. The Morgan fingerprint density at radius 2 is 2.14 bits per heavy atom. The molecule has 0 aliphatic carbocycles. The number of pyridine rings is 1. The molecule has 0 bridgehead atoms. The Labute approximate surface area is 120 Å². The van der Waals surface area contributed by atoms with Crippen molar-refractivity contribution in [2.75, 3.05) is 19.5 Å². The fourth-order valence-corrected chi connectivity index (χ4v) is 1.68. The maximum absolute atomic E-state index is 5.11. The lowest BCUT2D eigenvalue weighted by molar-refractivity contribution is 0.398. The Kier molecular flexibility index (Phi) is 3.37. The zero-order chi connectivity index (χ0) is 14.7. The zero-order valence-corrected chi connectivity index (χ0v) is 11.4. The summed E-state index contributed by atoms with van der Waals surface area (Å²) in [5.41, 5.74) is 0.766. The molecular weight excluding hydrogens is 272 g/mol. The molecule has 9 heteroatoms. The van der Waals surface area contributed by atoms with Gasteiger partial charge < -0.3 is 10.1 Å². The fourth-order valence-electron chi connectivity index (χ4n) is 1.68. The Hall–Kier alpha value is -3.10. The maximum Gasteiger partial charge on any atom is 0.257 e. The number of methoxy groups -OCH3 is 1. The van der Waals surface area contributed by atoms with E-state index in [0.29, 0.717) is 23.6 Å². The number of hydrogen-bond donors (Lipinski definition) is 1. The van der Waals surface area contributed by atoms with Gasteiger partial charge in [0.25, 0.3) is 5.95 Å². The molecule has 0 spiro atoms. The van der Waals surface area contributed by atoms with Crippen LogP contribution in [0.25, 0.3) is 17.3 Å². The normalized spacial score (nSPS) is 10.4. The summed E-state index contributed by atoms with van der Waals surface area (Å²) >= 11 is 0. The Bertz CT molecular complexity index is 743. The summed E-state index contributed by atoms with van der Waals surface area (Å²) in [4.78, 5) is 20.9. The third-order valence-corrected chi connectivity index (χ3v) is 2.67. The minimum atomic E-state index is 0.373. The first-order valence-corrected chi connectivity index (χ1v) is 6.09. The molecule has 0 aliphatic rings. The van der Waals surface area contributed by atoms with Gasteiger partial charge in [0.2, 0.25) is 11.8 Å². The van der Waals surface area contributed by atoms with Gasteiger partial charge in [0.1, 0.15) is 12.7 Å². The van der Waals surface area contributed by atoms with Crippen molar-refractivity contribution in [1.29, 1.82) is 0 Å². The molecule has 0 atom stereocenters. The van der Waals surface area contributed by atoms with E-state index in [1.165, 1.54) is 17.3 Å². The summed E-state index contributed by atoms with van der Waals surface area (Å²) in [6.07, 6.45) is 4.57. The van der Waals surface area contributed by atoms with E-state index in [1.807, 2.05) is 0 Å². The number of anilines is 1. The number of hydrogen-bond acceptors (Lipinski definition) is 8. The van der Waals surface area contributed by atoms with Crippen LogP contribution in [0.15, 0.2) is 31.0 Å². The maximum atomic E-state index is 5.11. The lowest BCUT2D eigenvalue weighted by Gasteiger charge is -2.07. The topological polar surface area (TPSA) is 104 Å². The van der Waals surface area contributed by atoms with Crippen molar-refractivity contribution in [2.24, 2.45) is 0 Å². The first-order chi connectivity index (χ1) is 10.3. The number of rotatable bonds is 4. The zero-order valence-electron chi connectivity index (χ0n) is 11.4. The lowest BCUT2D eigenvalue weighted by Crippen LogP contribution is -2.08. The molecule has 0 unspecified atom stereocenters. The van der Waals surface area contributed by atoms with Gasteiger partial charge in [0.05, 0.1) is 7.11 Å². The van der Waals surface area contributed by atoms with Gasteiger partial charge in [-0.2, -0.15) is 24.7 Å². The minimum absolute atomic E-state index is 0.373. The summed E-state index contributed by atoms with van der Waals surface area (Å²) in [6.45, 7) is 0. The van der Waals surface area contributed by atoms with Gasteiger partial charge in [-0.1, -0.05) is 0 Å². The van der Waals surface area contributed by atoms with Crippen LogP contribution in [0.4, 0.5) is 5.95 Å². The molecule has 0 fully saturated rings. The number of nitrogens with one attached hydrogen (secondary N) is 1. The molecule has 0 saturated heterocycles. The molecule has 0 radical (unpaired) electrons. The molecule has 0 aromatic carbocycles. The molecule has 1 N–H and O–H groups in total. The molecule has 0 amide bonds. The first kappa shape index (κ1) is 12.9. The largest absolute Gasteiger partial charge is 0.481 e. The molecule has 106 valence electrons. The Balaban J connectivity index is 2.11. The van der Waals surface area contributed by atoms with E-state index in [2.05, 4.69) is 35.3 Å². The highest BCUT2D eigenvalue weighted by atomic mass is 16.5. The summed E-state index contributed by atoms with van der Waals surface area (Å²) in [7, 11) is 3.29. The molecule has 9 nitrogen and oxygen atoms in total. The van der Waals surface area contributed by atoms with Gasteiger partial charge in [0.15, 0.2) is 5.82 Å². The highest BCUT2D eigenvalue weighted by Gasteiger charge is 2.10. The molecule has 3 aromatic rings. The van der Waals surface area contributed by atoms with E-state index in [9.17, 15) is 0 Å². The van der Waals surface area contributed by atoms with Crippen molar-refractivity contribution in [3.8, 4) is 23.2 Å². The molecular formula is C12H12N8O. The third kappa shape index (κ3) is 2.61. The van der Waals surface area contributed by atoms with Crippen LogP contribution in [-0.2, 0) is 0 Å². The minimum Gasteiger partial charge on any atom is -0.481 e. The van der Waals surface area contributed by atoms with E-state index < -0.39 is 0 Å². The van der Waals surface area contributed by atoms with Gasteiger partial charge in [-0.3, -0.25) is 0 Å². The highest BCUT2D eigenvalue weighted by molar-refractivity contribution is 5.57. The number of aromatic nitrogens is 7. The van der Waals surface area contributed by atoms with Crippen LogP contribution in [0.1, 0.15) is 0 Å². The van der Waals surface area contributed by atoms with E-state index in [0.717, 1.165) is 5.56 Å². The fraction of sp³-hybridized carbons (Fsp3) is 0.167. The first-order valence-electron chi connectivity index (χ1n) is 6.09. The monoisotopic (exact) mass is 284 g/mol. The third-order valence-electron chi connectivity index (χ3n) is 2.67. The van der Waals surface area contributed by atoms with Gasteiger partial charge >= 0.3 is 0 Å². The van der Waals surface area contributed by atoms with E-state index in [-0.39, 0.29) is 0 Å². The summed E-state index contributed by atoms with van der Waals surface area (Å²) < 4.78 is 6.57. The summed E-state index contributed by atoms with van der Waals surface area (Å²) in [5, 5.41) is 6.92. The molecule has 3 aromatic heterocycles. The van der Waals surface area contributed by atoms with Crippen molar-refractivity contribution in [3.63, 3.8) is 0 Å². The van der Waals surface area contributed by atoms with E-state index in [1.54, 1.807) is 32.5 Å².